The standard InChI is InChI=1S/C29H33F3N4O3/c1-38-27(37)20-7-4-6-19(16-20)26-18-34-28(39-26)35-24-9-2-3-10-25(24)36(23-8-5-15-33-17-23)22-13-11-21(12-14-22)29(30,31)32/h4,6-7,11-14,16,18,23-25,33H,2-3,5,8-10,15,17H2,1H3,(H,34,35)/t23-,24+,25+/m0/s1. The molecule has 0 radical (unpaired) electrons. The molecule has 2 N–H and O–H groups in total. The van der Waals surface area contributed by atoms with E-state index in [0.717, 1.165) is 57.3 Å². The van der Waals surface area contributed by atoms with Crippen molar-refractivity contribution in [1.82, 2.24) is 10.3 Å². The number of anilines is 2. The molecule has 3 aromatic rings. The van der Waals surface area contributed by atoms with E-state index in [-0.39, 0.29) is 18.1 Å². The number of nitrogens with one attached hydrogen (secondary N) is 2. The van der Waals surface area contributed by atoms with Crippen molar-refractivity contribution in [2.75, 3.05) is 30.4 Å². The second kappa shape index (κ2) is 11.7. The SMILES string of the molecule is COC(=O)c1cccc(-c2cnc(N[C@@H]3CCCC[C@H]3N(c3ccc(C(F)(F)F)cc3)[C@H]3CCCNC3)o2)c1. The summed E-state index contributed by atoms with van der Waals surface area (Å²) in [5, 5.41) is 6.94. The van der Waals surface area contributed by atoms with Gasteiger partial charge in [-0.05, 0) is 68.6 Å². The molecule has 39 heavy (non-hydrogen) atoms. The summed E-state index contributed by atoms with van der Waals surface area (Å²) in [6.45, 7) is 1.73. The maximum Gasteiger partial charge on any atom is 0.416 e. The largest absolute Gasteiger partial charge is 0.465 e. The molecule has 3 atom stereocenters. The van der Waals surface area contributed by atoms with Gasteiger partial charge in [0, 0.05) is 29.9 Å². The highest BCUT2D eigenvalue weighted by Gasteiger charge is 2.36. The number of aromatic nitrogens is 1. The molecule has 5 rings (SSSR count). The number of halogens is 3. The Morgan fingerprint density at radius 2 is 1.90 bits per heavy atom. The molecule has 1 aliphatic heterocycles. The van der Waals surface area contributed by atoms with E-state index in [1.165, 1.54) is 19.2 Å². The Labute approximate surface area is 225 Å². The monoisotopic (exact) mass is 542 g/mol. The van der Waals surface area contributed by atoms with Crippen LogP contribution in [-0.2, 0) is 10.9 Å². The zero-order valence-corrected chi connectivity index (χ0v) is 21.8. The van der Waals surface area contributed by atoms with E-state index in [1.54, 1.807) is 36.5 Å². The smallest absolute Gasteiger partial charge is 0.416 e. The lowest BCUT2D eigenvalue weighted by Gasteiger charge is -2.46. The summed E-state index contributed by atoms with van der Waals surface area (Å²) < 4.78 is 50.7. The molecule has 7 nitrogen and oxygen atoms in total. The summed E-state index contributed by atoms with van der Waals surface area (Å²) in [4.78, 5) is 18.7. The first-order valence-corrected chi connectivity index (χ1v) is 13.4. The Balaban J connectivity index is 1.39. The highest BCUT2D eigenvalue weighted by molar-refractivity contribution is 5.90. The number of benzene rings is 2. The molecule has 1 saturated carbocycles. The van der Waals surface area contributed by atoms with E-state index >= 15 is 0 Å². The minimum atomic E-state index is -4.37. The molecule has 2 aliphatic rings. The van der Waals surface area contributed by atoms with Crippen LogP contribution in [0.1, 0.15) is 54.4 Å². The Morgan fingerprint density at radius 1 is 1.10 bits per heavy atom. The van der Waals surface area contributed by atoms with Crippen LogP contribution in [0.25, 0.3) is 11.3 Å². The molecule has 2 fully saturated rings. The number of esters is 1. The third kappa shape index (κ3) is 6.21. The van der Waals surface area contributed by atoms with Crippen molar-refractivity contribution in [1.29, 1.82) is 0 Å². The van der Waals surface area contributed by atoms with Gasteiger partial charge in [0.15, 0.2) is 5.76 Å². The van der Waals surface area contributed by atoms with Crippen molar-refractivity contribution in [3.8, 4) is 11.3 Å². The van der Waals surface area contributed by atoms with Crippen LogP contribution in [0.4, 0.5) is 24.9 Å². The normalized spacial score (nSPS) is 21.8. The molecule has 2 heterocycles. The van der Waals surface area contributed by atoms with Gasteiger partial charge < -0.3 is 24.7 Å². The van der Waals surface area contributed by atoms with Crippen LogP contribution in [0.3, 0.4) is 0 Å². The zero-order chi connectivity index (χ0) is 27.4. The van der Waals surface area contributed by atoms with Gasteiger partial charge in [-0.15, -0.1) is 0 Å². The lowest BCUT2D eigenvalue weighted by Crippen LogP contribution is -2.57. The van der Waals surface area contributed by atoms with Gasteiger partial charge in [-0.25, -0.2) is 9.78 Å². The lowest BCUT2D eigenvalue weighted by atomic mass is 9.87. The van der Waals surface area contributed by atoms with E-state index in [0.29, 0.717) is 22.9 Å². The molecule has 10 heteroatoms. The average molecular weight is 543 g/mol. The van der Waals surface area contributed by atoms with Gasteiger partial charge in [-0.1, -0.05) is 25.0 Å². The molecule has 0 bridgehead atoms. The van der Waals surface area contributed by atoms with E-state index in [1.807, 2.05) is 6.07 Å². The predicted octanol–water partition coefficient (Wildman–Crippen LogP) is 6.13. The topological polar surface area (TPSA) is 79.6 Å². The number of carbonyl (C=O) groups is 1. The van der Waals surface area contributed by atoms with E-state index < -0.39 is 17.7 Å². The van der Waals surface area contributed by atoms with E-state index in [2.05, 4.69) is 20.5 Å². The number of oxazole rings is 1. The third-order valence-corrected chi connectivity index (χ3v) is 7.63. The Kier molecular flexibility index (Phi) is 8.11. The number of methoxy groups -OCH3 is 1. The van der Waals surface area contributed by atoms with Crippen molar-refractivity contribution in [3.05, 3.63) is 65.9 Å². The highest BCUT2D eigenvalue weighted by atomic mass is 19.4. The first-order valence-electron chi connectivity index (χ1n) is 13.4. The number of hydrogen-bond acceptors (Lipinski definition) is 7. The van der Waals surface area contributed by atoms with Crippen LogP contribution in [0.2, 0.25) is 0 Å². The summed E-state index contributed by atoms with van der Waals surface area (Å²) in [6.07, 6.45) is 3.10. The maximum absolute atomic E-state index is 13.3. The first-order chi connectivity index (χ1) is 18.8. The second-order valence-corrected chi connectivity index (χ2v) is 10.2. The number of nitrogens with zero attached hydrogens (tertiary/aromatic N) is 2. The summed E-state index contributed by atoms with van der Waals surface area (Å²) in [6, 6.07) is 13.1. The van der Waals surface area contributed by atoms with Crippen molar-refractivity contribution >= 4 is 17.7 Å². The number of hydrogen-bond donors (Lipinski definition) is 2. The van der Waals surface area contributed by atoms with Gasteiger partial charge in [-0.3, -0.25) is 0 Å². The minimum absolute atomic E-state index is 0.00382. The van der Waals surface area contributed by atoms with Crippen LogP contribution in [0.5, 0.6) is 0 Å². The Morgan fingerprint density at radius 3 is 2.62 bits per heavy atom. The molecule has 0 spiro atoms. The van der Waals surface area contributed by atoms with Crippen molar-refractivity contribution in [3.63, 3.8) is 0 Å². The Bertz CT molecular complexity index is 1260. The van der Waals surface area contributed by atoms with Gasteiger partial charge in [0.25, 0.3) is 6.01 Å². The third-order valence-electron chi connectivity index (χ3n) is 7.63. The van der Waals surface area contributed by atoms with Crippen LogP contribution >= 0.6 is 0 Å². The molecule has 0 unspecified atom stereocenters. The average Bonchev–Trinajstić information content (AvgIpc) is 3.43. The van der Waals surface area contributed by atoms with Crippen molar-refractivity contribution < 1.29 is 27.1 Å². The second-order valence-electron chi connectivity index (χ2n) is 10.2. The molecule has 2 aromatic carbocycles. The van der Waals surface area contributed by atoms with Gasteiger partial charge >= 0.3 is 12.1 Å². The van der Waals surface area contributed by atoms with Crippen LogP contribution in [0, 0.1) is 0 Å². The molecule has 1 aliphatic carbocycles. The van der Waals surface area contributed by atoms with Crippen molar-refractivity contribution in [2.45, 2.75) is 62.8 Å². The number of ether oxygens (including phenoxy) is 1. The number of carbonyl (C=O) groups excluding carboxylic acids is 1. The van der Waals surface area contributed by atoms with Crippen LogP contribution < -0.4 is 15.5 Å². The number of alkyl halides is 3. The maximum atomic E-state index is 13.3. The minimum Gasteiger partial charge on any atom is -0.465 e. The highest BCUT2D eigenvalue weighted by Crippen LogP contribution is 2.36. The molecular formula is C29H33F3N4O3. The zero-order valence-electron chi connectivity index (χ0n) is 21.8. The molecule has 1 aromatic heterocycles. The number of piperidine rings is 1. The fourth-order valence-corrected chi connectivity index (χ4v) is 5.73. The van der Waals surface area contributed by atoms with Gasteiger partial charge in [0.05, 0.1) is 30.5 Å². The van der Waals surface area contributed by atoms with E-state index in [9.17, 15) is 18.0 Å². The summed E-state index contributed by atoms with van der Waals surface area (Å²) in [7, 11) is 1.34. The first kappa shape index (κ1) is 27.1. The molecule has 208 valence electrons. The fourth-order valence-electron chi connectivity index (χ4n) is 5.73. The van der Waals surface area contributed by atoms with Gasteiger partial charge in [0.2, 0.25) is 0 Å². The molecular weight excluding hydrogens is 509 g/mol. The quantitative estimate of drug-likeness (QED) is 0.348. The van der Waals surface area contributed by atoms with E-state index in [4.69, 9.17) is 9.15 Å². The predicted molar refractivity (Wildman–Crippen MR) is 143 cm³/mol. The van der Waals surface area contributed by atoms with Gasteiger partial charge in [0.1, 0.15) is 0 Å². The summed E-state index contributed by atoms with van der Waals surface area (Å²) >= 11 is 0. The fraction of sp³-hybridized carbons (Fsp3) is 0.448. The van der Waals surface area contributed by atoms with Crippen molar-refractivity contribution in [2.24, 2.45) is 0 Å². The number of rotatable bonds is 7. The van der Waals surface area contributed by atoms with Crippen LogP contribution in [0.15, 0.2) is 59.1 Å². The Hall–Kier alpha value is -3.53. The molecule has 1 saturated heterocycles. The summed E-state index contributed by atoms with van der Waals surface area (Å²) in [5.74, 6) is 0.0898. The van der Waals surface area contributed by atoms with Gasteiger partial charge in [-0.2, -0.15) is 13.2 Å². The molecule has 0 amide bonds. The van der Waals surface area contributed by atoms with Crippen LogP contribution in [-0.4, -0.2) is 49.3 Å². The lowest BCUT2D eigenvalue weighted by molar-refractivity contribution is -0.137. The summed E-state index contributed by atoms with van der Waals surface area (Å²) in [5.41, 5.74) is 1.28.